The molecule has 2 aliphatic heterocycles. The predicted octanol–water partition coefficient (Wildman–Crippen LogP) is 2.63. The fraction of sp³-hybridized carbons (Fsp3) is 0.571. The van der Waals surface area contributed by atoms with Crippen LogP contribution in [0.3, 0.4) is 0 Å². The minimum Gasteiger partial charge on any atom is -0.487 e. The van der Waals surface area contributed by atoms with Gasteiger partial charge in [-0.25, -0.2) is 0 Å². The molecule has 1 aromatic rings. The molecule has 2 unspecified atom stereocenters. The summed E-state index contributed by atoms with van der Waals surface area (Å²) in [6, 6.07) is 4.29. The highest BCUT2D eigenvalue weighted by molar-refractivity contribution is 5.54. The van der Waals surface area contributed by atoms with Gasteiger partial charge in [-0.15, -0.1) is 0 Å². The molecule has 1 aromatic carbocycles. The third-order valence-electron chi connectivity index (χ3n) is 3.97. The van der Waals surface area contributed by atoms with Crippen molar-refractivity contribution in [1.82, 2.24) is 5.32 Å². The van der Waals surface area contributed by atoms with Crippen LogP contribution < -0.4 is 19.5 Å². The van der Waals surface area contributed by atoms with E-state index in [0.29, 0.717) is 12.8 Å². The summed E-state index contributed by atoms with van der Waals surface area (Å²) in [4.78, 5) is 0. The first-order chi connectivity index (χ1) is 8.65. The number of nitrogens with one attached hydrogen (secondary N) is 1. The van der Waals surface area contributed by atoms with Crippen molar-refractivity contribution in [2.75, 3.05) is 13.8 Å². The van der Waals surface area contributed by atoms with Crippen molar-refractivity contribution in [1.29, 1.82) is 0 Å². The van der Waals surface area contributed by atoms with Gasteiger partial charge in [0, 0.05) is 24.1 Å². The first kappa shape index (κ1) is 11.7. The van der Waals surface area contributed by atoms with Gasteiger partial charge in [0.25, 0.3) is 0 Å². The first-order valence-electron chi connectivity index (χ1n) is 6.45. The van der Waals surface area contributed by atoms with Gasteiger partial charge in [0.2, 0.25) is 6.79 Å². The predicted molar refractivity (Wildman–Crippen MR) is 68.3 cm³/mol. The van der Waals surface area contributed by atoms with E-state index in [9.17, 15) is 0 Å². The molecule has 3 rings (SSSR count). The molecule has 2 heterocycles. The largest absolute Gasteiger partial charge is 0.487 e. The van der Waals surface area contributed by atoms with E-state index in [1.54, 1.807) is 0 Å². The lowest BCUT2D eigenvalue weighted by atomic mass is 9.86. The van der Waals surface area contributed by atoms with Crippen molar-refractivity contribution in [2.24, 2.45) is 0 Å². The Morgan fingerprint density at radius 2 is 2.00 bits per heavy atom. The van der Waals surface area contributed by atoms with E-state index in [0.717, 1.165) is 35.7 Å². The van der Waals surface area contributed by atoms with Gasteiger partial charge in [-0.3, -0.25) is 0 Å². The number of ether oxygens (including phenoxy) is 3. The van der Waals surface area contributed by atoms with Crippen molar-refractivity contribution in [3.8, 4) is 17.2 Å². The average molecular weight is 249 g/mol. The standard InChI is InChI=1S/C14H19NO3/c1-4-14(2)7-10(15-3)9-5-12-13(17-8-16-12)6-11(9)18-14/h5-6,10,15H,4,7-8H2,1-3H3. The van der Waals surface area contributed by atoms with E-state index in [2.05, 4.69) is 19.2 Å². The van der Waals surface area contributed by atoms with Crippen LogP contribution in [-0.4, -0.2) is 19.4 Å². The summed E-state index contributed by atoms with van der Waals surface area (Å²) < 4.78 is 17.0. The molecule has 0 bridgehead atoms. The zero-order valence-electron chi connectivity index (χ0n) is 11.1. The lowest BCUT2D eigenvalue weighted by Crippen LogP contribution is -2.40. The minimum atomic E-state index is -0.117. The quantitative estimate of drug-likeness (QED) is 0.874. The van der Waals surface area contributed by atoms with Crippen LogP contribution in [0.5, 0.6) is 17.2 Å². The molecule has 2 atom stereocenters. The maximum Gasteiger partial charge on any atom is 0.231 e. The Hall–Kier alpha value is -1.42. The van der Waals surface area contributed by atoms with Crippen molar-refractivity contribution in [2.45, 2.75) is 38.3 Å². The molecule has 4 nitrogen and oxygen atoms in total. The fourth-order valence-electron chi connectivity index (χ4n) is 2.62. The van der Waals surface area contributed by atoms with Gasteiger partial charge in [0.15, 0.2) is 11.5 Å². The Morgan fingerprint density at radius 1 is 1.28 bits per heavy atom. The minimum absolute atomic E-state index is 0.117. The summed E-state index contributed by atoms with van der Waals surface area (Å²) in [5.41, 5.74) is 1.04. The van der Waals surface area contributed by atoms with Crippen LogP contribution in [0.2, 0.25) is 0 Å². The highest BCUT2D eigenvalue weighted by atomic mass is 16.7. The third kappa shape index (κ3) is 1.72. The Labute approximate surface area is 107 Å². The highest BCUT2D eigenvalue weighted by Gasteiger charge is 2.36. The molecule has 1 N–H and O–H groups in total. The van der Waals surface area contributed by atoms with Crippen LogP contribution in [0.15, 0.2) is 12.1 Å². The lowest BCUT2D eigenvalue weighted by molar-refractivity contribution is 0.0453. The number of hydrogen-bond acceptors (Lipinski definition) is 4. The molecule has 4 heteroatoms. The lowest BCUT2D eigenvalue weighted by Gasteiger charge is -2.39. The van der Waals surface area contributed by atoms with Crippen LogP contribution >= 0.6 is 0 Å². The van der Waals surface area contributed by atoms with Crippen LogP contribution in [0.25, 0.3) is 0 Å². The maximum absolute atomic E-state index is 6.15. The molecule has 0 aliphatic carbocycles. The summed E-state index contributed by atoms with van der Waals surface area (Å²) in [6.45, 7) is 4.61. The molecule has 2 aliphatic rings. The van der Waals surface area contributed by atoms with Gasteiger partial charge < -0.3 is 19.5 Å². The Morgan fingerprint density at radius 3 is 2.67 bits per heavy atom. The van der Waals surface area contributed by atoms with Gasteiger partial charge in [-0.1, -0.05) is 6.92 Å². The molecule has 0 radical (unpaired) electrons. The monoisotopic (exact) mass is 249 g/mol. The normalized spacial score (nSPS) is 28.7. The molecule has 18 heavy (non-hydrogen) atoms. The number of rotatable bonds is 2. The van der Waals surface area contributed by atoms with E-state index in [1.807, 2.05) is 19.2 Å². The summed E-state index contributed by atoms with van der Waals surface area (Å²) in [5.74, 6) is 2.51. The van der Waals surface area contributed by atoms with E-state index < -0.39 is 0 Å². The zero-order valence-corrected chi connectivity index (χ0v) is 11.1. The molecule has 0 aromatic heterocycles. The molecule has 0 saturated heterocycles. The SMILES string of the molecule is CCC1(C)CC(NC)c2cc3c(cc2O1)OCO3. The van der Waals surface area contributed by atoms with Gasteiger partial charge in [-0.2, -0.15) is 0 Å². The second-order valence-electron chi connectivity index (χ2n) is 5.19. The van der Waals surface area contributed by atoms with Gasteiger partial charge in [0.05, 0.1) is 0 Å². The highest BCUT2D eigenvalue weighted by Crippen LogP contribution is 2.46. The fourth-order valence-corrected chi connectivity index (χ4v) is 2.62. The van der Waals surface area contributed by atoms with Crippen LogP contribution in [0.1, 0.15) is 38.3 Å². The van der Waals surface area contributed by atoms with E-state index in [-0.39, 0.29) is 5.60 Å². The number of hydrogen-bond donors (Lipinski definition) is 1. The average Bonchev–Trinajstić information content (AvgIpc) is 2.82. The second kappa shape index (κ2) is 4.05. The smallest absolute Gasteiger partial charge is 0.231 e. The molecular formula is C14H19NO3. The van der Waals surface area contributed by atoms with Crippen LogP contribution in [0.4, 0.5) is 0 Å². The molecule has 0 saturated carbocycles. The number of fused-ring (bicyclic) bond motifs is 2. The summed E-state index contributed by atoms with van der Waals surface area (Å²) >= 11 is 0. The zero-order chi connectivity index (χ0) is 12.8. The molecule has 98 valence electrons. The summed E-state index contributed by atoms with van der Waals surface area (Å²) in [7, 11) is 1.99. The molecule has 0 fully saturated rings. The van der Waals surface area contributed by atoms with Crippen molar-refractivity contribution in [3.05, 3.63) is 17.7 Å². The Balaban J connectivity index is 2.05. The van der Waals surface area contributed by atoms with Gasteiger partial charge in [0.1, 0.15) is 11.4 Å². The Bertz CT molecular complexity index is 474. The van der Waals surface area contributed by atoms with Gasteiger partial charge >= 0.3 is 0 Å². The first-order valence-corrected chi connectivity index (χ1v) is 6.45. The summed E-state index contributed by atoms with van der Waals surface area (Å²) in [5, 5.41) is 3.36. The van der Waals surface area contributed by atoms with E-state index >= 15 is 0 Å². The number of benzene rings is 1. The van der Waals surface area contributed by atoms with Crippen molar-refractivity contribution < 1.29 is 14.2 Å². The van der Waals surface area contributed by atoms with Crippen molar-refractivity contribution >= 4 is 0 Å². The van der Waals surface area contributed by atoms with Crippen LogP contribution in [0, 0.1) is 0 Å². The topological polar surface area (TPSA) is 39.7 Å². The molecule has 0 amide bonds. The van der Waals surface area contributed by atoms with Gasteiger partial charge in [-0.05, 0) is 26.5 Å². The second-order valence-corrected chi connectivity index (χ2v) is 5.19. The summed E-state index contributed by atoms with van der Waals surface area (Å²) in [6.07, 6.45) is 1.95. The Kier molecular flexibility index (Phi) is 2.63. The van der Waals surface area contributed by atoms with E-state index in [4.69, 9.17) is 14.2 Å². The maximum atomic E-state index is 6.15. The van der Waals surface area contributed by atoms with Crippen molar-refractivity contribution in [3.63, 3.8) is 0 Å². The van der Waals surface area contributed by atoms with Crippen LogP contribution in [-0.2, 0) is 0 Å². The van der Waals surface area contributed by atoms with E-state index in [1.165, 1.54) is 0 Å². The molecule has 0 spiro atoms. The molecular weight excluding hydrogens is 230 g/mol. The third-order valence-corrected chi connectivity index (χ3v) is 3.97.